The fraction of sp³-hybridized carbons (Fsp3) is 0.385. The number of halogens is 2. The summed E-state index contributed by atoms with van der Waals surface area (Å²) in [6.07, 6.45) is 2.53. The van der Waals surface area contributed by atoms with Crippen molar-refractivity contribution in [1.82, 2.24) is 5.32 Å². The number of aliphatic carboxylic acids is 1. The summed E-state index contributed by atoms with van der Waals surface area (Å²) >= 11 is 9.25. The first-order chi connectivity index (χ1) is 8.94. The number of amides is 1. The van der Waals surface area contributed by atoms with Gasteiger partial charge in [0.2, 0.25) is 0 Å². The van der Waals surface area contributed by atoms with Crippen molar-refractivity contribution < 1.29 is 14.7 Å². The van der Waals surface area contributed by atoms with Crippen LogP contribution in [0, 0.1) is 0 Å². The molecule has 1 aliphatic rings. The molecule has 102 valence electrons. The number of rotatable bonds is 3. The normalized spacial score (nSPS) is 17.2. The molecule has 0 atom stereocenters. The van der Waals surface area contributed by atoms with Crippen molar-refractivity contribution >= 4 is 39.4 Å². The standard InChI is InChI=1S/C13H13BrClNO3/c14-8-3-4-9(10(15)7-8)11(17)16-13(12(18)19)5-1-2-6-13/h3-4,7H,1-2,5-6H2,(H,16,17)(H,18,19). The summed E-state index contributed by atoms with van der Waals surface area (Å²) in [4.78, 5) is 23.5. The molecule has 1 amide bonds. The Kier molecular flexibility index (Phi) is 4.16. The van der Waals surface area contributed by atoms with E-state index in [9.17, 15) is 14.7 Å². The minimum atomic E-state index is -1.15. The highest BCUT2D eigenvalue weighted by Gasteiger charge is 2.42. The number of carboxylic acid groups (broad SMARTS) is 1. The molecule has 0 heterocycles. The molecule has 2 rings (SSSR count). The third kappa shape index (κ3) is 2.92. The van der Waals surface area contributed by atoms with Crippen LogP contribution in [0.4, 0.5) is 0 Å². The molecule has 0 aliphatic heterocycles. The van der Waals surface area contributed by atoms with E-state index in [1.165, 1.54) is 0 Å². The molecule has 1 fully saturated rings. The van der Waals surface area contributed by atoms with Crippen LogP contribution in [0.25, 0.3) is 0 Å². The van der Waals surface area contributed by atoms with Gasteiger partial charge in [0.1, 0.15) is 5.54 Å². The van der Waals surface area contributed by atoms with Crippen molar-refractivity contribution in [3.05, 3.63) is 33.3 Å². The Hall–Kier alpha value is -1.07. The molecular formula is C13H13BrClNO3. The highest BCUT2D eigenvalue weighted by Crippen LogP contribution is 2.31. The molecule has 1 saturated carbocycles. The van der Waals surface area contributed by atoms with Crippen molar-refractivity contribution in [1.29, 1.82) is 0 Å². The Balaban J connectivity index is 2.22. The van der Waals surface area contributed by atoms with Gasteiger partial charge < -0.3 is 10.4 Å². The molecule has 0 spiro atoms. The fourth-order valence-corrected chi connectivity index (χ4v) is 3.09. The van der Waals surface area contributed by atoms with Crippen LogP contribution in [0.15, 0.2) is 22.7 Å². The molecule has 0 radical (unpaired) electrons. The van der Waals surface area contributed by atoms with E-state index in [-0.39, 0.29) is 5.56 Å². The second-order valence-corrected chi connectivity index (χ2v) is 6.00. The van der Waals surface area contributed by atoms with Crippen LogP contribution in [0.3, 0.4) is 0 Å². The fourth-order valence-electron chi connectivity index (χ4n) is 2.33. The molecule has 4 nitrogen and oxygen atoms in total. The number of benzene rings is 1. The van der Waals surface area contributed by atoms with Crippen LogP contribution in [0.5, 0.6) is 0 Å². The summed E-state index contributed by atoms with van der Waals surface area (Å²) in [5, 5.41) is 12.2. The summed E-state index contributed by atoms with van der Waals surface area (Å²) in [6, 6.07) is 4.88. The molecule has 6 heteroatoms. The summed E-state index contributed by atoms with van der Waals surface area (Å²) in [6.45, 7) is 0. The summed E-state index contributed by atoms with van der Waals surface area (Å²) < 4.78 is 0.767. The Morgan fingerprint density at radius 2 is 1.95 bits per heavy atom. The van der Waals surface area contributed by atoms with Crippen molar-refractivity contribution in [3.63, 3.8) is 0 Å². The quantitative estimate of drug-likeness (QED) is 0.883. The van der Waals surface area contributed by atoms with Crippen LogP contribution in [-0.2, 0) is 4.79 Å². The Labute approximate surface area is 124 Å². The van der Waals surface area contributed by atoms with Crippen LogP contribution < -0.4 is 5.32 Å². The lowest BCUT2D eigenvalue weighted by Crippen LogP contribution is -2.52. The van der Waals surface area contributed by atoms with E-state index in [0.717, 1.165) is 17.3 Å². The third-order valence-corrected chi connectivity index (χ3v) is 4.20. The van der Waals surface area contributed by atoms with Crippen molar-refractivity contribution in [2.45, 2.75) is 31.2 Å². The van der Waals surface area contributed by atoms with E-state index in [2.05, 4.69) is 21.2 Å². The topological polar surface area (TPSA) is 66.4 Å². The minimum Gasteiger partial charge on any atom is -0.480 e. The van der Waals surface area contributed by atoms with Crippen LogP contribution in [-0.4, -0.2) is 22.5 Å². The molecule has 1 aliphatic carbocycles. The monoisotopic (exact) mass is 345 g/mol. The van der Waals surface area contributed by atoms with Gasteiger partial charge in [0.25, 0.3) is 5.91 Å². The minimum absolute atomic E-state index is 0.289. The van der Waals surface area contributed by atoms with Crippen molar-refractivity contribution in [2.24, 2.45) is 0 Å². The zero-order chi connectivity index (χ0) is 14.0. The van der Waals surface area contributed by atoms with Crippen LogP contribution in [0.1, 0.15) is 36.0 Å². The second kappa shape index (κ2) is 5.51. The van der Waals surface area contributed by atoms with Gasteiger partial charge in [0.15, 0.2) is 0 Å². The third-order valence-electron chi connectivity index (χ3n) is 3.40. The SMILES string of the molecule is O=C(NC1(C(=O)O)CCCC1)c1ccc(Br)cc1Cl. The number of carboxylic acids is 1. The highest BCUT2D eigenvalue weighted by atomic mass is 79.9. The van der Waals surface area contributed by atoms with E-state index in [1.54, 1.807) is 18.2 Å². The maximum absolute atomic E-state index is 12.2. The molecule has 0 bridgehead atoms. The van der Waals surface area contributed by atoms with Crippen molar-refractivity contribution in [3.8, 4) is 0 Å². The van der Waals surface area contributed by atoms with Crippen LogP contribution >= 0.6 is 27.5 Å². The highest BCUT2D eigenvalue weighted by molar-refractivity contribution is 9.10. The first-order valence-corrected chi connectivity index (χ1v) is 7.13. The maximum Gasteiger partial charge on any atom is 0.329 e. The largest absolute Gasteiger partial charge is 0.480 e. The Bertz CT molecular complexity index is 527. The predicted octanol–water partition coefficient (Wildman–Crippen LogP) is 3.23. The van der Waals surface area contributed by atoms with E-state index < -0.39 is 17.4 Å². The number of nitrogens with one attached hydrogen (secondary N) is 1. The number of hydrogen-bond acceptors (Lipinski definition) is 2. The first kappa shape index (κ1) is 14.3. The van der Waals surface area contributed by atoms with Gasteiger partial charge in [-0.15, -0.1) is 0 Å². The molecule has 1 aromatic carbocycles. The van der Waals surface area contributed by atoms with E-state index in [4.69, 9.17) is 11.6 Å². The van der Waals surface area contributed by atoms with Gasteiger partial charge in [0.05, 0.1) is 10.6 Å². The molecule has 2 N–H and O–H groups in total. The molecule has 0 aromatic heterocycles. The lowest BCUT2D eigenvalue weighted by molar-refractivity contribution is -0.144. The maximum atomic E-state index is 12.2. The average molecular weight is 347 g/mol. The molecule has 1 aromatic rings. The van der Waals surface area contributed by atoms with Gasteiger partial charge in [-0.1, -0.05) is 40.4 Å². The van der Waals surface area contributed by atoms with E-state index in [1.807, 2.05) is 0 Å². The van der Waals surface area contributed by atoms with Gasteiger partial charge in [-0.3, -0.25) is 4.79 Å². The molecular weight excluding hydrogens is 334 g/mol. The molecule has 0 saturated heterocycles. The zero-order valence-corrected chi connectivity index (χ0v) is 12.4. The molecule has 0 unspecified atom stereocenters. The van der Waals surface area contributed by atoms with Gasteiger partial charge in [-0.2, -0.15) is 0 Å². The summed E-state index contributed by atoms with van der Waals surface area (Å²) in [7, 11) is 0. The number of carbonyl (C=O) groups is 2. The zero-order valence-electron chi connectivity index (χ0n) is 10.1. The average Bonchev–Trinajstić information content (AvgIpc) is 2.78. The Morgan fingerprint density at radius 3 is 2.47 bits per heavy atom. The smallest absolute Gasteiger partial charge is 0.329 e. The van der Waals surface area contributed by atoms with E-state index in [0.29, 0.717) is 17.9 Å². The van der Waals surface area contributed by atoms with E-state index >= 15 is 0 Å². The van der Waals surface area contributed by atoms with Gasteiger partial charge in [-0.25, -0.2) is 4.79 Å². The van der Waals surface area contributed by atoms with Crippen LogP contribution in [0.2, 0.25) is 5.02 Å². The van der Waals surface area contributed by atoms with Crippen molar-refractivity contribution in [2.75, 3.05) is 0 Å². The number of carbonyl (C=O) groups excluding carboxylic acids is 1. The lowest BCUT2D eigenvalue weighted by atomic mass is 9.97. The molecule has 19 heavy (non-hydrogen) atoms. The van der Waals surface area contributed by atoms with Gasteiger partial charge in [0, 0.05) is 4.47 Å². The number of hydrogen-bond donors (Lipinski definition) is 2. The Morgan fingerprint density at radius 1 is 1.32 bits per heavy atom. The van der Waals surface area contributed by atoms with Gasteiger partial charge >= 0.3 is 5.97 Å². The van der Waals surface area contributed by atoms with Gasteiger partial charge in [-0.05, 0) is 31.0 Å². The summed E-state index contributed by atoms with van der Waals surface area (Å²) in [5.74, 6) is -1.42. The first-order valence-electron chi connectivity index (χ1n) is 5.95. The second-order valence-electron chi connectivity index (χ2n) is 4.67. The lowest BCUT2D eigenvalue weighted by Gasteiger charge is -2.25. The summed E-state index contributed by atoms with van der Waals surface area (Å²) in [5.41, 5.74) is -0.856. The predicted molar refractivity (Wildman–Crippen MR) is 75.5 cm³/mol.